The van der Waals surface area contributed by atoms with E-state index in [-0.39, 0.29) is 35.5 Å². The van der Waals surface area contributed by atoms with Crippen molar-refractivity contribution in [2.45, 2.75) is 83.7 Å². The van der Waals surface area contributed by atoms with E-state index in [1.165, 1.54) is 0 Å². The van der Waals surface area contributed by atoms with Gasteiger partial charge in [-0.3, -0.25) is 0 Å². The molecule has 2 aromatic carbocycles. The number of halogens is 4. The van der Waals surface area contributed by atoms with E-state index in [1.54, 1.807) is 30.3 Å². The van der Waals surface area contributed by atoms with Crippen molar-refractivity contribution in [2.75, 3.05) is 6.61 Å². The summed E-state index contributed by atoms with van der Waals surface area (Å²) >= 11 is 0. The van der Waals surface area contributed by atoms with Gasteiger partial charge < -0.3 is 4.74 Å². The summed E-state index contributed by atoms with van der Waals surface area (Å²) in [5, 5.41) is 0. The fraction of sp³-hybridized carbons (Fsp3) is 0.533. The van der Waals surface area contributed by atoms with E-state index in [9.17, 15) is 17.6 Å². The van der Waals surface area contributed by atoms with Gasteiger partial charge in [-0.1, -0.05) is 56.2 Å². The lowest BCUT2D eigenvalue weighted by molar-refractivity contribution is 0.131. The van der Waals surface area contributed by atoms with Crippen LogP contribution >= 0.6 is 0 Å². The summed E-state index contributed by atoms with van der Waals surface area (Å²) in [4.78, 5) is 0. The Morgan fingerprint density at radius 1 is 0.743 bits per heavy atom. The molecule has 2 aromatic rings. The highest BCUT2D eigenvalue weighted by Crippen LogP contribution is 2.40. The largest absolute Gasteiger partial charge is 0.377 e. The number of allylic oxidation sites excluding steroid dienone is 1. The van der Waals surface area contributed by atoms with Crippen LogP contribution in [-0.2, 0) is 11.3 Å². The van der Waals surface area contributed by atoms with Crippen molar-refractivity contribution < 1.29 is 22.3 Å². The Kier molecular flexibility index (Phi) is 8.69. The van der Waals surface area contributed by atoms with Crippen molar-refractivity contribution in [1.82, 2.24) is 0 Å². The van der Waals surface area contributed by atoms with E-state index in [2.05, 4.69) is 6.92 Å². The summed E-state index contributed by atoms with van der Waals surface area (Å²) in [5.74, 6) is -2.14. The van der Waals surface area contributed by atoms with Crippen molar-refractivity contribution in [3.05, 3.63) is 75.9 Å². The Morgan fingerprint density at radius 2 is 1.31 bits per heavy atom. The van der Waals surface area contributed by atoms with Gasteiger partial charge in [-0.15, -0.1) is 0 Å². The van der Waals surface area contributed by atoms with E-state index < -0.39 is 23.3 Å². The first kappa shape index (κ1) is 25.9. The first-order chi connectivity index (χ1) is 16.9. The number of hydrogen-bond donors (Lipinski definition) is 0. The Labute approximate surface area is 206 Å². The van der Waals surface area contributed by atoms with Crippen molar-refractivity contribution >= 4 is 6.08 Å². The third-order valence-electron chi connectivity index (χ3n) is 8.01. The van der Waals surface area contributed by atoms with Crippen LogP contribution in [0.25, 0.3) is 6.08 Å². The summed E-state index contributed by atoms with van der Waals surface area (Å²) in [5.41, 5.74) is 1.44. The third-order valence-corrected chi connectivity index (χ3v) is 8.01. The minimum Gasteiger partial charge on any atom is -0.377 e. The minimum atomic E-state index is -0.818. The summed E-state index contributed by atoms with van der Waals surface area (Å²) in [6.45, 7) is 4.53. The van der Waals surface area contributed by atoms with Crippen LogP contribution in [0, 0.1) is 35.1 Å². The molecule has 5 heteroatoms. The molecule has 0 amide bonds. The fourth-order valence-electron chi connectivity index (χ4n) is 5.70. The van der Waals surface area contributed by atoms with E-state index in [0.717, 1.165) is 51.4 Å². The van der Waals surface area contributed by atoms with E-state index >= 15 is 0 Å². The SMILES string of the molecule is CCOCc1ccc(C2CCC(/C=C/c3ccc(C4CCC(C)CC4)c(F)c3F)CC2)c(F)c1F. The van der Waals surface area contributed by atoms with Crippen LogP contribution in [-0.4, -0.2) is 6.61 Å². The maximum atomic E-state index is 14.8. The molecule has 0 atom stereocenters. The first-order valence-corrected chi connectivity index (χ1v) is 13.1. The molecular weight excluding hydrogens is 452 g/mol. The second kappa shape index (κ2) is 11.7. The second-order valence-electron chi connectivity index (χ2n) is 10.4. The lowest BCUT2D eigenvalue weighted by Gasteiger charge is -2.28. The van der Waals surface area contributed by atoms with Crippen molar-refractivity contribution in [3.63, 3.8) is 0 Å². The fourth-order valence-corrected chi connectivity index (χ4v) is 5.70. The lowest BCUT2D eigenvalue weighted by atomic mass is 9.78. The molecule has 4 rings (SSSR count). The van der Waals surface area contributed by atoms with Gasteiger partial charge in [0.15, 0.2) is 23.3 Å². The van der Waals surface area contributed by atoms with Crippen LogP contribution in [0.4, 0.5) is 17.6 Å². The van der Waals surface area contributed by atoms with E-state index in [4.69, 9.17) is 4.74 Å². The van der Waals surface area contributed by atoms with Gasteiger partial charge in [0.05, 0.1) is 6.61 Å². The topological polar surface area (TPSA) is 9.23 Å². The van der Waals surface area contributed by atoms with E-state index in [0.29, 0.717) is 23.7 Å². The molecule has 0 unspecified atom stereocenters. The summed E-state index contributed by atoms with van der Waals surface area (Å²) in [6.07, 6.45) is 10.6. The maximum Gasteiger partial charge on any atom is 0.166 e. The highest BCUT2D eigenvalue weighted by molar-refractivity contribution is 5.52. The Balaban J connectivity index is 1.37. The molecule has 2 aliphatic carbocycles. The molecule has 2 saturated carbocycles. The molecular formula is C30H36F4O. The van der Waals surface area contributed by atoms with Crippen molar-refractivity contribution in [1.29, 1.82) is 0 Å². The molecule has 0 heterocycles. The Hall–Kier alpha value is -2.14. The maximum absolute atomic E-state index is 14.8. The van der Waals surface area contributed by atoms with Gasteiger partial charge in [-0.25, -0.2) is 17.6 Å². The smallest absolute Gasteiger partial charge is 0.166 e. The molecule has 0 aliphatic heterocycles. The number of rotatable bonds is 7. The predicted molar refractivity (Wildman–Crippen MR) is 132 cm³/mol. The zero-order chi connectivity index (χ0) is 24.9. The van der Waals surface area contributed by atoms with Crippen LogP contribution in [0.5, 0.6) is 0 Å². The Morgan fingerprint density at radius 3 is 1.94 bits per heavy atom. The molecule has 1 nitrogen and oxygen atoms in total. The Bertz CT molecular complexity index is 1030. The third kappa shape index (κ3) is 5.99. The van der Waals surface area contributed by atoms with Gasteiger partial charge >= 0.3 is 0 Å². The molecule has 2 aliphatic rings. The van der Waals surface area contributed by atoms with Crippen LogP contribution < -0.4 is 0 Å². The molecule has 0 radical (unpaired) electrons. The molecule has 0 aromatic heterocycles. The first-order valence-electron chi connectivity index (χ1n) is 13.1. The molecule has 0 bridgehead atoms. The summed E-state index contributed by atoms with van der Waals surface area (Å²) < 4.78 is 64.0. The molecule has 2 fully saturated rings. The highest BCUT2D eigenvalue weighted by Gasteiger charge is 2.27. The summed E-state index contributed by atoms with van der Waals surface area (Å²) in [7, 11) is 0. The highest BCUT2D eigenvalue weighted by atomic mass is 19.2. The number of hydrogen-bond acceptors (Lipinski definition) is 1. The van der Waals surface area contributed by atoms with Gasteiger partial charge in [0.1, 0.15) is 0 Å². The van der Waals surface area contributed by atoms with Gasteiger partial charge in [-0.2, -0.15) is 0 Å². The normalized spacial score (nSPS) is 25.3. The average Bonchev–Trinajstić information content (AvgIpc) is 2.87. The van der Waals surface area contributed by atoms with Crippen LogP contribution in [0.2, 0.25) is 0 Å². The molecule has 0 spiro atoms. The molecule has 0 N–H and O–H groups in total. The average molecular weight is 489 g/mol. The standard InChI is InChI=1S/C30H36F4O/c1-3-35-18-24-15-17-26(30(34)28(24)32)22-11-6-20(7-12-22)8-13-23-14-16-25(29(33)27(23)31)21-9-4-19(2)5-10-21/h8,13-17,19-22H,3-7,9-12,18H2,1-2H3/b13-8+. The van der Waals surface area contributed by atoms with Crippen molar-refractivity contribution in [2.24, 2.45) is 11.8 Å². The monoisotopic (exact) mass is 488 g/mol. The molecule has 0 saturated heterocycles. The van der Waals surface area contributed by atoms with Gasteiger partial charge in [0.2, 0.25) is 0 Å². The van der Waals surface area contributed by atoms with Crippen LogP contribution in [0.1, 0.15) is 99.3 Å². The number of ether oxygens (including phenoxy) is 1. The van der Waals surface area contributed by atoms with Crippen molar-refractivity contribution in [3.8, 4) is 0 Å². The van der Waals surface area contributed by atoms with Gasteiger partial charge in [-0.05, 0) is 80.2 Å². The zero-order valence-corrected chi connectivity index (χ0v) is 20.8. The van der Waals surface area contributed by atoms with E-state index in [1.807, 2.05) is 13.0 Å². The predicted octanol–water partition coefficient (Wildman–Crippen LogP) is 9.06. The molecule has 35 heavy (non-hydrogen) atoms. The van der Waals surface area contributed by atoms with Crippen LogP contribution in [0.3, 0.4) is 0 Å². The van der Waals surface area contributed by atoms with Gasteiger partial charge in [0.25, 0.3) is 0 Å². The van der Waals surface area contributed by atoms with Gasteiger partial charge in [0, 0.05) is 17.7 Å². The second-order valence-corrected chi connectivity index (χ2v) is 10.4. The quantitative estimate of drug-likeness (QED) is 0.353. The number of benzene rings is 2. The summed E-state index contributed by atoms with van der Waals surface area (Å²) in [6, 6.07) is 6.74. The minimum absolute atomic E-state index is 0.0398. The molecule has 190 valence electrons. The van der Waals surface area contributed by atoms with Crippen LogP contribution in [0.15, 0.2) is 30.3 Å². The zero-order valence-electron chi connectivity index (χ0n) is 20.8. The lowest BCUT2D eigenvalue weighted by Crippen LogP contribution is -2.14.